The number of benzene rings is 1. The van der Waals surface area contributed by atoms with E-state index in [9.17, 15) is 5.11 Å². The van der Waals surface area contributed by atoms with Gasteiger partial charge in [0.25, 0.3) is 0 Å². The minimum Gasteiger partial charge on any atom is -0.489 e. The van der Waals surface area contributed by atoms with Crippen molar-refractivity contribution in [3.05, 3.63) is 24.3 Å². The number of aliphatic hydroxyl groups is 1. The molecular formula is C16H26N2O3. The van der Waals surface area contributed by atoms with Crippen LogP contribution in [0.4, 0.5) is 5.69 Å². The molecule has 0 aliphatic carbocycles. The standard InChI is InChI=1S/C16H26N2O3/c1-18(9-13-5-4-8-20-11-13)10-14(19)12-21-16-7-3-2-6-15(16)17/h2-3,6-7,13-14,19H,4-5,8-12,17H2,1H3. The van der Waals surface area contributed by atoms with Gasteiger partial charge in [0.05, 0.1) is 12.3 Å². The monoisotopic (exact) mass is 294 g/mol. The number of anilines is 1. The number of ether oxygens (including phenoxy) is 2. The van der Waals surface area contributed by atoms with Gasteiger partial charge in [0.1, 0.15) is 18.5 Å². The van der Waals surface area contributed by atoms with Crippen LogP contribution in [0.1, 0.15) is 12.8 Å². The highest BCUT2D eigenvalue weighted by Gasteiger charge is 2.17. The molecule has 0 saturated carbocycles. The molecule has 21 heavy (non-hydrogen) atoms. The average Bonchev–Trinajstić information content (AvgIpc) is 2.47. The summed E-state index contributed by atoms with van der Waals surface area (Å²) in [4.78, 5) is 2.14. The Kier molecular flexibility index (Phi) is 6.29. The second kappa shape index (κ2) is 8.22. The zero-order valence-electron chi connectivity index (χ0n) is 12.7. The number of nitrogens with two attached hydrogens (primary N) is 1. The summed E-state index contributed by atoms with van der Waals surface area (Å²) in [6.45, 7) is 3.50. The quantitative estimate of drug-likeness (QED) is 0.743. The molecule has 0 radical (unpaired) electrons. The molecule has 0 aromatic heterocycles. The molecule has 1 aliphatic rings. The van der Waals surface area contributed by atoms with Gasteiger partial charge in [0, 0.05) is 19.7 Å². The first-order valence-corrected chi connectivity index (χ1v) is 7.57. The van der Waals surface area contributed by atoms with E-state index < -0.39 is 6.10 Å². The number of likely N-dealkylation sites (N-methyl/N-ethyl adjacent to an activating group) is 1. The van der Waals surface area contributed by atoms with Crippen LogP contribution in [0.15, 0.2) is 24.3 Å². The Hall–Kier alpha value is -1.30. The van der Waals surface area contributed by atoms with Gasteiger partial charge in [-0.3, -0.25) is 0 Å². The average molecular weight is 294 g/mol. The Morgan fingerprint density at radius 2 is 2.29 bits per heavy atom. The van der Waals surface area contributed by atoms with E-state index in [0.29, 0.717) is 23.9 Å². The molecule has 1 aliphatic heterocycles. The summed E-state index contributed by atoms with van der Waals surface area (Å²) in [5.41, 5.74) is 6.40. The molecule has 118 valence electrons. The summed E-state index contributed by atoms with van der Waals surface area (Å²) < 4.78 is 11.0. The number of nitrogens with zero attached hydrogens (tertiary/aromatic N) is 1. The van der Waals surface area contributed by atoms with Crippen LogP contribution in [-0.2, 0) is 4.74 Å². The van der Waals surface area contributed by atoms with Crippen molar-refractivity contribution < 1.29 is 14.6 Å². The van der Waals surface area contributed by atoms with E-state index in [1.54, 1.807) is 6.07 Å². The zero-order chi connectivity index (χ0) is 15.1. The van der Waals surface area contributed by atoms with E-state index in [1.165, 1.54) is 6.42 Å². The van der Waals surface area contributed by atoms with Crippen LogP contribution >= 0.6 is 0 Å². The van der Waals surface area contributed by atoms with Crippen molar-refractivity contribution in [2.24, 2.45) is 5.92 Å². The van der Waals surface area contributed by atoms with Crippen molar-refractivity contribution in [3.63, 3.8) is 0 Å². The van der Waals surface area contributed by atoms with Crippen molar-refractivity contribution in [2.45, 2.75) is 18.9 Å². The first kappa shape index (κ1) is 16.1. The van der Waals surface area contributed by atoms with Gasteiger partial charge < -0.3 is 25.2 Å². The Balaban J connectivity index is 1.68. The van der Waals surface area contributed by atoms with Crippen LogP contribution in [0.5, 0.6) is 5.75 Å². The van der Waals surface area contributed by atoms with E-state index in [1.807, 2.05) is 25.2 Å². The van der Waals surface area contributed by atoms with Crippen molar-refractivity contribution in [1.29, 1.82) is 0 Å². The fourth-order valence-electron chi connectivity index (χ4n) is 2.68. The Labute approximate surface area is 126 Å². The van der Waals surface area contributed by atoms with E-state index in [-0.39, 0.29) is 6.61 Å². The van der Waals surface area contributed by atoms with Crippen LogP contribution in [0.3, 0.4) is 0 Å². The Morgan fingerprint density at radius 3 is 3.00 bits per heavy atom. The second-order valence-corrected chi connectivity index (χ2v) is 5.81. The highest BCUT2D eigenvalue weighted by atomic mass is 16.5. The lowest BCUT2D eigenvalue weighted by Crippen LogP contribution is -2.37. The summed E-state index contributed by atoms with van der Waals surface area (Å²) in [5.74, 6) is 1.20. The van der Waals surface area contributed by atoms with Crippen LogP contribution in [0, 0.1) is 5.92 Å². The Bertz CT molecular complexity index is 422. The van der Waals surface area contributed by atoms with E-state index in [4.69, 9.17) is 15.2 Å². The number of para-hydroxylation sites is 2. The van der Waals surface area contributed by atoms with Gasteiger partial charge in [-0.2, -0.15) is 0 Å². The van der Waals surface area contributed by atoms with Gasteiger partial charge in [-0.15, -0.1) is 0 Å². The SMILES string of the molecule is CN(CC(O)COc1ccccc1N)CC1CCCOC1. The molecule has 1 saturated heterocycles. The predicted molar refractivity (Wildman–Crippen MR) is 83.4 cm³/mol. The van der Waals surface area contributed by atoms with Gasteiger partial charge in [0.15, 0.2) is 0 Å². The van der Waals surface area contributed by atoms with Crippen LogP contribution in [0.2, 0.25) is 0 Å². The van der Waals surface area contributed by atoms with Gasteiger partial charge in [-0.05, 0) is 37.9 Å². The molecule has 1 fully saturated rings. The van der Waals surface area contributed by atoms with E-state index in [2.05, 4.69) is 4.90 Å². The molecule has 5 heteroatoms. The third-order valence-electron chi connectivity index (χ3n) is 3.70. The molecule has 0 bridgehead atoms. The molecule has 0 spiro atoms. The first-order valence-electron chi connectivity index (χ1n) is 7.57. The number of nitrogen functional groups attached to an aromatic ring is 1. The topological polar surface area (TPSA) is 68.0 Å². The lowest BCUT2D eigenvalue weighted by Gasteiger charge is -2.28. The molecule has 2 unspecified atom stereocenters. The smallest absolute Gasteiger partial charge is 0.142 e. The fraction of sp³-hybridized carbons (Fsp3) is 0.625. The predicted octanol–water partition coefficient (Wildman–Crippen LogP) is 1.37. The molecule has 1 aromatic rings. The summed E-state index contributed by atoms with van der Waals surface area (Å²) >= 11 is 0. The minimum absolute atomic E-state index is 0.250. The normalized spacial score (nSPS) is 20.4. The van der Waals surface area contributed by atoms with Crippen molar-refractivity contribution >= 4 is 5.69 Å². The molecule has 1 heterocycles. The van der Waals surface area contributed by atoms with Crippen LogP contribution in [-0.4, -0.2) is 56.1 Å². The lowest BCUT2D eigenvalue weighted by atomic mass is 10.0. The number of rotatable bonds is 7. The van der Waals surface area contributed by atoms with Crippen LogP contribution < -0.4 is 10.5 Å². The Morgan fingerprint density at radius 1 is 1.48 bits per heavy atom. The summed E-state index contributed by atoms with van der Waals surface area (Å²) in [7, 11) is 2.02. The number of hydrogen-bond acceptors (Lipinski definition) is 5. The third kappa shape index (κ3) is 5.53. The zero-order valence-corrected chi connectivity index (χ0v) is 12.7. The summed E-state index contributed by atoms with van der Waals surface area (Å²) in [5, 5.41) is 10.1. The third-order valence-corrected chi connectivity index (χ3v) is 3.70. The highest BCUT2D eigenvalue weighted by molar-refractivity contribution is 5.51. The van der Waals surface area contributed by atoms with Gasteiger partial charge >= 0.3 is 0 Å². The molecule has 1 aromatic carbocycles. The molecule has 2 atom stereocenters. The van der Waals surface area contributed by atoms with Gasteiger partial charge in [-0.1, -0.05) is 12.1 Å². The maximum atomic E-state index is 10.1. The number of hydrogen-bond donors (Lipinski definition) is 2. The fourth-order valence-corrected chi connectivity index (χ4v) is 2.68. The lowest BCUT2D eigenvalue weighted by molar-refractivity contribution is 0.0283. The summed E-state index contributed by atoms with van der Waals surface area (Å²) in [6, 6.07) is 7.33. The van der Waals surface area contributed by atoms with Gasteiger partial charge in [0.2, 0.25) is 0 Å². The first-order chi connectivity index (χ1) is 10.1. The summed E-state index contributed by atoms with van der Waals surface area (Å²) in [6.07, 6.45) is 1.81. The van der Waals surface area contributed by atoms with Crippen molar-refractivity contribution in [3.8, 4) is 5.75 Å². The highest BCUT2D eigenvalue weighted by Crippen LogP contribution is 2.20. The van der Waals surface area contributed by atoms with Crippen LogP contribution in [0.25, 0.3) is 0 Å². The molecular weight excluding hydrogens is 268 g/mol. The molecule has 3 N–H and O–H groups in total. The molecule has 2 rings (SSSR count). The van der Waals surface area contributed by atoms with E-state index >= 15 is 0 Å². The van der Waals surface area contributed by atoms with E-state index in [0.717, 1.165) is 26.2 Å². The minimum atomic E-state index is -0.529. The van der Waals surface area contributed by atoms with Gasteiger partial charge in [-0.25, -0.2) is 0 Å². The largest absolute Gasteiger partial charge is 0.489 e. The second-order valence-electron chi connectivity index (χ2n) is 5.81. The molecule has 5 nitrogen and oxygen atoms in total. The van der Waals surface area contributed by atoms with Crippen molar-refractivity contribution in [2.75, 3.05) is 45.7 Å². The maximum Gasteiger partial charge on any atom is 0.142 e. The molecule has 0 amide bonds. The number of aliphatic hydroxyl groups excluding tert-OH is 1. The maximum absolute atomic E-state index is 10.1. The van der Waals surface area contributed by atoms with Crippen molar-refractivity contribution in [1.82, 2.24) is 4.90 Å².